The predicted octanol–water partition coefficient (Wildman–Crippen LogP) is -1.15. The minimum atomic E-state index is -1.80. The lowest BCUT2D eigenvalue weighted by atomic mass is 10.0. The van der Waals surface area contributed by atoms with Gasteiger partial charge in [-0.1, -0.05) is 6.07 Å². The Bertz CT molecular complexity index is 460. The highest BCUT2D eigenvalue weighted by molar-refractivity contribution is 5.89. The zero-order valence-electron chi connectivity index (χ0n) is 8.70. The smallest absolute Gasteiger partial charge is 0.335 e. The third-order valence-electron chi connectivity index (χ3n) is 2.24. The summed E-state index contributed by atoms with van der Waals surface area (Å²) in [6.07, 6.45) is -3.39. The van der Waals surface area contributed by atoms with E-state index in [0.717, 1.165) is 6.07 Å². The van der Waals surface area contributed by atoms with Crippen molar-refractivity contribution in [3.63, 3.8) is 0 Å². The van der Waals surface area contributed by atoms with Gasteiger partial charge in [-0.2, -0.15) is 0 Å². The van der Waals surface area contributed by atoms with E-state index in [0.29, 0.717) is 0 Å². The number of rotatable bonds is 4. The first-order chi connectivity index (χ1) is 7.84. The fourth-order valence-electron chi connectivity index (χ4n) is 1.30. The molecule has 0 aliphatic rings. The highest BCUT2D eigenvalue weighted by Gasteiger charge is 2.25. The predicted molar refractivity (Wildman–Crippen MR) is 58.0 cm³/mol. The number of benzene rings is 1. The maximum absolute atomic E-state index is 10.7. The molecule has 0 saturated heterocycles. The molecule has 0 aliphatic carbocycles. The van der Waals surface area contributed by atoms with Crippen LogP contribution in [0.15, 0.2) is 18.2 Å². The summed E-state index contributed by atoms with van der Waals surface area (Å²) in [5.74, 6) is -2.27. The van der Waals surface area contributed by atoms with E-state index in [4.69, 9.17) is 16.6 Å². The van der Waals surface area contributed by atoms with Crippen molar-refractivity contribution >= 4 is 17.6 Å². The molecule has 17 heavy (non-hydrogen) atoms. The van der Waals surface area contributed by atoms with Crippen LogP contribution in [0.1, 0.15) is 22.0 Å². The Labute approximate surface area is 96.3 Å². The molecule has 0 heterocycles. The van der Waals surface area contributed by atoms with Crippen LogP contribution in [0, 0.1) is 0 Å². The normalized spacial score (nSPS) is 14.0. The maximum atomic E-state index is 10.7. The van der Waals surface area contributed by atoms with E-state index in [1.807, 2.05) is 0 Å². The summed E-state index contributed by atoms with van der Waals surface area (Å²) < 4.78 is 0. The molecule has 0 saturated carbocycles. The van der Waals surface area contributed by atoms with E-state index in [1.54, 1.807) is 0 Å². The summed E-state index contributed by atoms with van der Waals surface area (Å²) in [7, 11) is 0. The molecule has 1 rings (SSSR count). The molecular weight excluding hydrogens is 228 g/mol. The van der Waals surface area contributed by atoms with Crippen molar-refractivity contribution in [2.24, 2.45) is 5.73 Å². The Morgan fingerprint density at radius 2 is 1.82 bits per heavy atom. The Balaban J connectivity index is 3.08. The van der Waals surface area contributed by atoms with Gasteiger partial charge in [-0.3, -0.25) is 4.79 Å². The van der Waals surface area contributed by atoms with E-state index < -0.39 is 24.1 Å². The average molecular weight is 240 g/mol. The van der Waals surface area contributed by atoms with Crippen LogP contribution in [0.3, 0.4) is 0 Å². The van der Waals surface area contributed by atoms with Gasteiger partial charge in [-0.05, 0) is 12.1 Å². The van der Waals surface area contributed by atoms with E-state index in [2.05, 4.69) is 0 Å². The third-order valence-corrected chi connectivity index (χ3v) is 2.24. The van der Waals surface area contributed by atoms with Crippen LogP contribution >= 0.6 is 0 Å². The molecule has 1 aromatic carbocycles. The monoisotopic (exact) mass is 240 g/mol. The molecule has 2 unspecified atom stereocenters. The van der Waals surface area contributed by atoms with Crippen LogP contribution in [0.4, 0.5) is 5.69 Å². The summed E-state index contributed by atoms with van der Waals surface area (Å²) in [6, 6.07) is 3.54. The van der Waals surface area contributed by atoms with Crippen molar-refractivity contribution < 1.29 is 24.9 Å². The summed E-state index contributed by atoms with van der Waals surface area (Å²) in [5, 5.41) is 27.5. The van der Waals surface area contributed by atoms with Crippen molar-refractivity contribution in [2.45, 2.75) is 12.2 Å². The number of nitrogen functional groups attached to an aromatic ring is 1. The van der Waals surface area contributed by atoms with Crippen molar-refractivity contribution in [3.05, 3.63) is 29.3 Å². The van der Waals surface area contributed by atoms with Crippen molar-refractivity contribution in [2.75, 3.05) is 5.73 Å². The van der Waals surface area contributed by atoms with E-state index in [-0.39, 0.29) is 16.8 Å². The molecule has 1 aromatic rings. The maximum Gasteiger partial charge on any atom is 0.335 e. The van der Waals surface area contributed by atoms with Gasteiger partial charge in [0.15, 0.2) is 6.10 Å². The molecule has 92 valence electrons. The Hall–Kier alpha value is -2.12. The van der Waals surface area contributed by atoms with E-state index >= 15 is 0 Å². The first kappa shape index (κ1) is 12.9. The number of aromatic carboxylic acids is 1. The largest absolute Gasteiger partial charge is 0.478 e. The molecular formula is C10H12N2O5. The van der Waals surface area contributed by atoms with Gasteiger partial charge in [-0.15, -0.1) is 0 Å². The molecule has 0 aromatic heterocycles. The Kier molecular flexibility index (Phi) is 3.66. The zero-order valence-corrected chi connectivity index (χ0v) is 8.70. The van der Waals surface area contributed by atoms with Crippen molar-refractivity contribution in [1.29, 1.82) is 0 Å². The van der Waals surface area contributed by atoms with Crippen LogP contribution < -0.4 is 11.5 Å². The second-order valence-corrected chi connectivity index (χ2v) is 3.44. The lowest BCUT2D eigenvalue weighted by Gasteiger charge is -2.17. The van der Waals surface area contributed by atoms with Gasteiger partial charge >= 0.3 is 5.97 Å². The van der Waals surface area contributed by atoms with E-state index in [9.17, 15) is 19.8 Å². The minimum Gasteiger partial charge on any atom is -0.478 e. The van der Waals surface area contributed by atoms with Crippen LogP contribution in [0.5, 0.6) is 0 Å². The standard InChI is InChI=1S/C10H12N2O5/c11-6-3-4(10(16)17)1-2-5(6)7(13)8(14)9(12)15/h1-3,7-8,13-14H,11H2,(H2,12,15)(H,16,17). The number of hydrogen-bond acceptors (Lipinski definition) is 5. The zero-order chi connectivity index (χ0) is 13.2. The summed E-state index contributed by atoms with van der Waals surface area (Å²) in [6.45, 7) is 0. The van der Waals surface area contributed by atoms with Gasteiger partial charge < -0.3 is 26.8 Å². The second-order valence-electron chi connectivity index (χ2n) is 3.44. The third kappa shape index (κ3) is 2.71. The first-order valence-corrected chi connectivity index (χ1v) is 4.62. The molecule has 7 N–H and O–H groups in total. The SMILES string of the molecule is NC(=O)C(O)C(O)c1ccc(C(=O)O)cc1N. The van der Waals surface area contributed by atoms with Crippen LogP contribution in [0.2, 0.25) is 0 Å². The van der Waals surface area contributed by atoms with Crippen molar-refractivity contribution in [1.82, 2.24) is 0 Å². The second kappa shape index (κ2) is 4.81. The molecule has 0 spiro atoms. The van der Waals surface area contributed by atoms with Crippen LogP contribution in [0.25, 0.3) is 0 Å². The molecule has 7 heteroatoms. The van der Waals surface area contributed by atoms with Gasteiger partial charge in [-0.25, -0.2) is 4.79 Å². The number of nitrogens with two attached hydrogens (primary N) is 2. The Morgan fingerprint density at radius 3 is 2.24 bits per heavy atom. The first-order valence-electron chi connectivity index (χ1n) is 4.62. The van der Waals surface area contributed by atoms with Gasteiger partial charge in [0.1, 0.15) is 6.10 Å². The minimum absolute atomic E-state index is 0.0429. The molecule has 1 amide bonds. The number of carboxylic acid groups (broad SMARTS) is 1. The summed E-state index contributed by atoms with van der Waals surface area (Å²) in [4.78, 5) is 21.3. The van der Waals surface area contributed by atoms with Crippen LogP contribution in [-0.4, -0.2) is 33.3 Å². The number of primary amides is 1. The topological polar surface area (TPSA) is 147 Å². The average Bonchev–Trinajstić information content (AvgIpc) is 2.26. The van der Waals surface area contributed by atoms with Crippen molar-refractivity contribution in [3.8, 4) is 0 Å². The molecule has 0 radical (unpaired) electrons. The number of carbonyl (C=O) groups excluding carboxylic acids is 1. The summed E-state index contributed by atoms with van der Waals surface area (Å²) in [5.41, 5.74) is 10.3. The number of aliphatic hydroxyl groups excluding tert-OH is 2. The number of amides is 1. The highest BCUT2D eigenvalue weighted by Crippen LogP contribution is 2.24. The number of anilines is 1. The molecule has 2 atom stereocenters. The van der Waals surface area contributed by atoms with Gasteiger partial charge in [0.25, 0.3) is 0 Å². The van der Waals surface area contributed by atoms with Gasteiger partial charge in [0.05, 0.1) is 5.56 Å². The number of carbonyl (C=O) groups is 2. The highest BCUT2D eigenvalue weighted by atomic mass is 16.4. The fraction of sp³-hybridized carbons (Fsp3) is 0.200. The van der Waals surface area contributed by atoms with Gasteiger partial charge in [0, 0.05) is 11.3 Å². The lowest BCUT2D eigenvalue weighted by Crippen LogP contribution is -2.34. The summed E-state index contributed by atoms with van der Waals surface area (Å²) >= 11 is 0. The Morgan fingerprint density at radius 1 is 1.24 bits per heavy atom. The molecule has 0 fully saturated rings. The molecule has 7 nitrogen and oxygen atoms in total. The molecule has 0 bridgehead atoms. The lowest BCUT2D eigenvalue weighted by molar-refractivity contribution is -0.131. The quantitative estimate of drug-likeness (QED) is 0.420. The van der Waals surface area contributed by atoms with Crippen LogP contribution in [-0.2, 0) is 4.79 Å². The molecule has 0 aliphatic heterocycles. The van der Waals surface area contributed by atoms with E-state index in [1.165, 1.54) is 12.1 Å². The number of carboxylic acids is 1. The number of hydrogen-bond donors (Lipinski definition) is 5. The number of aliphatic hydroxyl groups is 2. The fourth-order valence-corrected chi connectivity index (χ4v) is 1.30. The van der Waals surface area contributed by atoms with Gasteiger partial charge in [0.2, 0.25) is 5.91 Å².